The molecule has 2 aliphatic rings. The van der Waals surface area contributed by atoms with Crippen LogP contribution in [0.15, 0.2) is 57.5 Å². The number of aliphatic imine (C=N–C) groups is 1. The van der Waals surface area contributed by atoms with Crippen LogP contribution in [-0.2, 0) is 9.53 Å². The monoisotopic (exact) mass is 456 g/mol. The van der Waals surface area contributed by atoms with E-state index in [1.807, 2.05) is 24.9 Å². The summed E-state index contributed by atoms with van der Waals surface area (Å²) in [6.07, 6.45) is 11.9. The molecule has 4 N–H and O–H groups in total. The minimum atomic E-state index is 0.159. The Morgan fingerprint density at radius 3 is 2.70 bits per heavy atom. The molecule has 0 aromatic carbocycles. The number of methoxy groups -OCH3 is 1. The van der Waals surface area contributed by atoms with Gasteiger partial charge in [0, 0.05) is 38.2 Å². The number of ether oxygens (including phenoxy) is 1. The molecule has 0 aromatic heterocycles. The van der Waals surface area contributed by atoms with Crippen LogP contribution < -0.4 is 11.1 Å². The number of nitrogens with two attached hydrogens (primary N) is 1. The van der Waals surface area contributed by atoms with Gasteiger partial charge in [-0.05, 0) is 62.2 Å². The van der Waals surface area contributed by atoms with Crippen molar-refractivity contribution in [1.82, 2.24) is 10.2 Å². The number of rotatable bonds is 13. The van der Waals surface area contributed by atoms with Gasteiger partial charge in [0.25, 0.3) is 0 Å². The van der Waals surface area contributed by atoms with Gasteiger partial charge in [-0.1, -0.05) is 26.2 Å². The molecule has 0 spiro atoms. The van der Waals surface area contributed by atoms with Gasteiger partial charge in [0.1, 0.15) is 17.8 Å². The minimum Gasteiger partial charge on any atom is -0.512 e. The van der Waals surface area contributed by atoms with Crippen LogP contribution in [0.2, 0.25) is 0 Å². The second-order valence-electron chi connectivity index (χ2n) is 8.86. The number of hydrogen-bond acceptors (Lipinski definition) is 7. The molecule has 0 radical (unpaired) electrons. The maximum atomic E-state index is 12.1. The number of nitrogens with zero attached hydrogens (tertiary/aromatic N) is 2. The van der Waals surface area contributed by atoms with Crippen molar-refractivity contribution in [3.8, 4) is 0 Å². The molecule has 0 bridgehead atoms. The second kappa shape index (κ2) is 13.1. The predicted molar refractivity (Wildman–Crippen MR) is 134 cm³/mol. The van der Waals surface area contributed by atoms with Crippen molar-refractivity contribution < 1.29 is 14.6 Å². The summed E-state index contributed by atoms with van der Waals surface area (Å²) in [7, 11) is 3.41. The highest BCUT2D eigenvalue weighted by Gasteiger charge is 2.29. The minimum absolute atomic E-state index is 0.159. The number of nitrogens with one attached hydrogen (secondary N) is 1. The van der Waals surface area contributed by atoms with Crippen molar-refractivity contribution in [2.45, 2.75) is 59.3 Å². The van der Waals surface area contributed by atoms with Crippen LogP contribution in [-0.4, -0.2) is 49.0 Å². The highest BCUT2D eigenvalue weighted by atomic mass is 16.5. The molecule has 1 saturated carbocycles. The molecule has 1 aliphatic heterocycles. The van der Waals surface area contributed by atoms with Crippen molar-refractivity contribution >= 4 is 11.7 Å². The quantitative estimate of drug-likeness (QED) is 0.216. The Balaban J connectivity index is 2.50. The number of aliphatic hydroxyl groups excluding tert-OH is 1. The zero-order valence-corrected chi connectivity index (χ0v) is 20.8. The lowest BCUT2D eigenvalue weighted by atomic mass is 9.83. The van der Waals surface area contributed by atoms with Gasteiger partial charge in [-0.15, -0.1) is 0 Å². The van der Waals surface area contributed by atoms with Crippen LogP contribution in [0.3, 0.4) is 0 Å². The van der Waals surface area contributed by atoms with Gasteiger partial charge in [0.05, 0.1) is 12.3 Å². The van der Waals surface area contributed by atoms with Crippen LogP contribution in [0.1, 0.15) is 59.3 Å². The maximum absolute atomic E-state index is 12.1. The molecular weight excluding hydrogens is 416 g/mol. The van der Waals surface area contributed by atoms with E-state index in [1.54, 1.807) is 14.2 Å². The van der Waals surface area contributed by atoms with Crippen molar-refractivity contribution in [2.75, 3.05) is 27.3 Å². The van der Waals surface area contributed by atoms with Crippen molar-refractivity contribution in [2.24, 2.45) is 22.6 Å². The smallest absolute Gasteiger partial charge is 0.151 e. The Bertz CT molecular complexity index is 887. The molecule has 7 nitrogen and oxygen atoms in total. The highest BCUT2D eigenvalue weighted by Crippen LogP contribution is 2.39. The lowest BCUT2D eigenvalue weighted by Gasteiger charge is -2.32. The van der Waals surface area contributed by atoms with E-state index in [2.05, 4.69) is 29.3 Å². The van der Waals surface area contributed by atoms with E-state index < -0.39 is 0 Å². The molecule has 1 fully saturated rings. The second-order valence-corrected chi connectivity index (χ2v) is 8.86. The first-order chi connectivity index (χ1) is 15.9. The molecule has 2 rings (SSSR count). The van der Waals surface area contributed by atoms with Crippen LogP contribution in [0.4, 0.5) is 0 Å². The van der Waals surface area contributed by atoms with Gasteiger partial charge in [-0.3, -0.25) is 4.99 Å². The fourth-order valence-electron chi connectivity index (χ4n) is 4.28. The van der Waals surface area contributed by atoms with E-state index in [4.69, 9.17) is 15.6 Å². The Morgan fingerprint density at radius 2 is 2.15 bits per heavy atom. The van der Waals surface area contributed by atoms with E-state index in [1.165, 1.54) is 19.3 Å². The number of hydrogen-bond donors (Lipinski definition) is 3. The standard InChI is InChI=1S/C26H40N4O3/c1-6-7-21(11-10-20-8-9-20)23-14-22(15-30(12-13-33-5)24(23)16-31)26(28-4)18(2)19(3)29-25(27)17-32/h14-15,17,20-21,29,32H,6-13,27H2,1-5H3/b19-18+,25-17+,28-26?. The van der Waals surface area contributed by atoms with Crippen LogP contribution in [0.5, 0.6) is 0 Å². The normalized spacial score (nSPS) is 18.9. The Kier molecular flexibility index (Phi) is 10.5. The van der Waals surface area contributed by atoms with Gasteiger partial charge in [0.15, 0.2) is 5.94 Å². The predicted octanol–water partition coefficient (Wildman–Crippen LogP) is 4.35. The summed E-state index contributed by atoms with van der Waals surface area (Å²) in [4.78, 5) is 18.7. The molecule has 7 heteroatoms. The largest absolute Gasteiger partial charge is 0.512 e. The third kappa shape index (κ3) is 7.37. The lowest BCUT2D eigenvalue weighted by Crippen LogP contribution is -2.30. The van der Waals surface area contributed by atoms with E-state index in [0.717, 1.165) is 59.6 Å². The first kappa shape index (κ1) is 26.5. The topological polar surface area (TPSA) is 100 Å². The summed E-state index contributed by atoms with van der Waals surface area (Å²) >= 11 is 0. The zero-order valence-electron chi connectivity index (χ0n) is 20.8. The first-order valence-corrected chi connectivity index (χ1v) is 11.9. The summed E-state index contributed by atoms with van der Waals surface area (Å²) in [6.45, 7) is 7.09. The molecule has 182 valence electrons. The molecule has 1 atom stereocenters. The fourth-order valence-corrected chi connectivity index (χ4v) is 4.28. The molecule has 1 aliphatic carbocycles. The molecule has 0 amide bonds. The summed E-state index contributed by atoms with van der Waals surface area (Å²) in [5, 5.41) is 12.1. The third-order valence-electron chi connectivity index (χ3n) is 6.38. The van der Waals surface area contributed by atoms with Gasteiger partial charge in [-0.2, -0.15) is 0 Å². The van der Waals surface area contributed by atoms with Crippen molar-refractivity contribution in [1.29, 1.82) is 0 Å². The highest BCUT2D eigenvalue weighted by molar-refractivity contribution is 6.14. The molecule has 1 heterocycles. The summed E-state index contributed by atoms with van der Waals surface area (Å²) < 4.78 is 5.30. The first-order valence-electron chi connectivity index (χ1n) is 11.9. The Hall–Kier alpha value is -2.76. The SMILES string of the molecule is CCCC(CCC1CC1)C1=CC(C(=NC)/C(C)=C(\C)N/C(N)=C/O)=CN(CCOC)C1=C=O. The van der Waals surface area contributed by atoms with E-state index in [-0.39, 0.29) is 5.82 Å². The maximum Gasteiger partial charge on any atom is 0.151 e. The summed E-state index contributed by atoms with van der Waals surface area (Å²) in [5.74, 6) is 3.53. The number of allylic oxidation sites excluding steroid dienone is 5. The molecular formula is C26H40N4O3. The van der Waals surface area contributed by atoms with Gasteiger partial charge in [-0.25, -0.2) is 4.79 Å². The van der Waals surface area contributed by atoms with Crippen molar-refractivity contribution in [3.05, 3.63) is 52.5 Å². The number of aliphatic hydroxyl groups is 1. The Labute approximate surface area is 198 Å². The van der Waals surface area contributed by atoms with Crippen LogP contribution in [0.25, 0.3) is 0 Å². The average molecular weight is 457 g/mol. The van der Waals surface area contributed by atoms with Gasteiger partial charge in [0.2, 0.25) is 0 Å². The van der Waals surface area contributed by atoms with Gasteiger partial charge >= 0.3 is 0 Å². The van der Waals surface area contributed by atoms with Crippen molar-refractivity contribution in [3.63, 3.8) is 0 Å². The van der Waals surface area contributed by atoms with Gasteiger partial charge < -0.3 is 25.8 Å². The molecule has 0 saturated heterocycles. The number of carbonyl (C=O) groups excluding carboxylic acids is 1. The lowest BCUT2D eigenvalue weighted by molar-refractivity contribution is 0.179. The zero-order chi connectivity index (χ0) is 24.4. The fraction of sp³-hybridized carbons (Fsp3) is 0.577. The molecule has 0 aromatic rings. The molecule has 33 heavy (non-hydrogen) atoms. The van der Waals surface area contributed by atoms with E-state index in [0.29, 0.717) is 24.8 Å². The van der Waals surface area contributed by atoms with Crippen LogP contribution >= 0.6 is 0 Å². The Morgan fingerprint density at radius 1 is 1.42 bits per heavy atom. The van der Waals surface area contributed by atoms with E-state index >= 15 is 0 Å². The third-order valence-corrected chi connectivity index (χ3v) is 6.38. The van der Waals surface area contributed by atoms with Crippen LogP contribution in [0, 0.1) is 11.8 Å². The average Bonchev–Trinajstić information content (AvgIpc) is 3.64. The molecule has 1 unspecified atom stereocenters. The summed E-state index contributed by atoms with van der Waals surface area (Å²) in [5.41, 5.74) is 10.8. The summed E-state index contributed by atoms with van der Waals surface area (Å²) in [6, 6.07) is 0. The van der Waals surface area contributed by atoms with E-state index in [9.17, 15) is 4.79 Å².